The molecule has 1 N–H and O–H groups in total. The highest BCUT2D eigenvalue weighted by Gasteiger charge is 2.12. The average Bonchev–Trinajstić information content (AvgIpc) is 2.45. The third kappa shape index (κ3) is 3.64. The van der Waals surface area contributed by atoms with Crippen molar-refractivity contribution in [3.05, 3.63) is 57.6 Å². The van der Waals surface area contributed by atoms with Crippen LogP contribution in [-0.4, -0.2) is 12.5 Å². The minimum Gasteiger partial charge on any atom is -0.494 e. The fourth-order valence-electron chi connectivity index (χ4n) is 2.08. The summed E-state index contributed by atoms with van der Waals surface area (Å²) in [5.74, 6) is 0.702. The first-order chi connectivity index (χ1) is 10.0. The van der Waals surface area contributed by atoms with Gasteiger partial charge in [0, 0.05) is 15.7 Å². The van der Waals surface area contributed by atoms with Crippen molar-refractivity contribution in [2.24, 2.45) is 0 Å². The minimum absolute atomic E-state index is 0.110. The molecule has 0 atom stereocenters. The Balaban J connectivity index is 2.22. The van der Waals surface area contributed by atoms with Gasteiger partial charge in [0.15, 0.2) is 0 Å². The van der Waals surface area contributed by atoms with Crippen LogP contribution in [0.15, 0.2) is 40.9 Å². The van der Waals surface area contributed by atoms with Gasteiger partial charge < -0.3 is 10.1 Å². The van der Waals surface area contributed by atoms with Crippen LogP contribution < -0.4 is 10.1 Å². The van der Waals surface area contributed by atoms with Crippen LogP contribution in [0, 0.1) is 13.8 Å². The number of hydrogen-bond acceptors (Lipinski definition) is 2. The maximum Gasteiger partial charge on any atom is 0.255 e. The molecule has 0 saturated heterocycles. The van der Waals surface area contributed by atoms with Crippen LogP contribution in [0.2, 0.25) is 0 Å². The summed E-state index contributed by atoms with van der Waals surface area (Å²) in [6.45, 7) is 6.44. The molecule has 0 aliphatic carbocycles. The molecule has 2 aromatic rings. The van der Waals surface area contributed by atoms with Gasteiger partial charge in [0.1, 0.15) is 5.75 Å². The van der Waals surface area contributed by atoms with Gasteiger partial charge in [-0.3, -0.25) is 4.79 Å². The number of carbonyl (C=O) groups is 1. The number of nitrogens with one attached hydrogen (secondary N) is 1. The van der Waals surface area contributed by atoms with E-state index in [4.69, 9.17) is 4.74 Å². The molecule has 0 heterocycles. The summed E-state index contributed by atoms with van der Waals surface area (Å²) in [4.78, 5) is 12.4. The van der Waals surface area contributed by atoms with Crippen LogP contribution in [0.25, 0.3) is 0 Å². The summed E-state index contributed by atoms with van der Waals surface area (Å²) in [5, 5.41) is 2.95. The highest BCUT2D eigenvalue weighted by Crippen LogP contribution is 2.24. The molecule has 110 valence electrons. The van der Waals surface area contributed by atoms with Gasteiger partial charge >= 0.3 is 0 Å². The zero-order valence-electron chi connectivity index (χ0n) is 12.4. The molecular weight excluding hydrogens is 330 g/mol. The first kappa shape index (κ1) is 15.6. The smallest absolute Gasteiger partial charge is 0.255 e. The van der Waals surface area contributed by atoms with Gasteiger partial charge in [0.05, 0.1) is 6.61 Å². The summed E-state index contributed by atoms with van der Waals surface area (Å²) in [6, 6.07) is 11.3. The molecule has 0 saturated carbocycles. The molecule has 0 aliphatic heterocycles. The third-order valence-electron chi connectivity index (χ3n) is 3.27. The van der Waals surface area contributed by atoms with Crippen LogP contribution in [0.1, 0.15) is 28.4 Å². The van der Waals surface area contributed by atoms with Crippen molar-refractivity contribution in [2.75, 3.05) is 11.9 Å². The highest BCUT2D eigenvalue weighted by molar-refractivity contribution is 9.10. The Morgan fingerprint density at radius 2 is 2.00 bits per heavy atom. The van der Waals surface area contributed by atoms with E-state index in [0.29, 0.717) is 12.2 Å². The highest BCUT2D eigenvalue weighted by atomic mass is 79.9. The Morgan fingerprint density at radius 1 is 1.24 bits per heavy atom. The molecule has 0 aliphatic rings. The first-order valence-corrected chi connectivity index (χ1v) is 7.62. The van der Waals surface area contributed by atoms with Crippen molar-refractivity contribution >= 4 is 27.5 Å². The van der Waals surface area contributed by atoms with Gasteiger partial charge in [0.25, 0.3) is 5.91 Å². The average molecular weight is 348 g/mol. The topological polar surface area (TPSA) is 38.3 Å². The number of carbonyl (C=O) groups excluding carboxylic acids is 1. The molecule has 2 aromatic carbocycles. The maximum atomic E-state index is 12.4. The van der Waals surface area contributed by atoms with Crippen molar-refractivity contribution in [3.63, 3.8) is 0 Å². The first-order valence-electron chi connectivity index (χ1n) is 6.83. The summed E-state index contributed by atoms with van der Waals surface area (Å²) in [6.07, 6.45) is 0. The molecule has 21 heavy (non-hydrogen) atoms. The van der Waals surface area contributed by atoms with Gasteiger partial charge in [-0.15, -0.1) is 0 Å². The van der Waals surface area contributed by atoms with Gasteiger partial charge in [0.2, 0.25) is 0 Å². The molecule has 3 nitrogen and oxygen atoms in total. The fourth-order valence-corrected chi connectivity index (χ4v) is 2.44. The molecule has 0 bridgehead atoms. The van der Waals surface area contributed by atoms with E-state index in [1.807, 2.05) is 57.2 Å². The number of halogens is 1. The second-order valence-corrected chi connectivity index (χ2v) is 5.63. The molecule has 1 amide bonds. The Labute approximate surface area is 133 Å². The SMILES string of the molecule is CCOc1ccc(NC(=O)c2cccc(Br)c2C)c(C)c1. The predicted molar refractivity (Wildman–Crippen MR) is 89.2 cm³/mol. The Hall–Kier alpha value is -1.81. The third-order valence-corrected chi connectivity index (χ3v) is 4.13. The molecule has 0 unspecified atom stereocenters. The Morgan fingerprint density at radius 3 is 2.67 bits per heavy atom. The number of rotatable bonds is 4. The summed E-state index contributed by atoms with van der Waals surface area (Å²) in [7, 11) is 0. The van der Waals surface area contributed by atoms with Gasteiger partial charge in [-0.05, 0) is 62.2 Å². The molecule has 0 fully saturated rings. The molecule has 2 rings (SSSR count). The van der Waals surface area contributed by atoms with Crippen molar-refractivity contribution in [1.29, 1.82) is 0 Å². The summed E-state index contributed by atoms with van der Waals surface area (Å²) < 4.78 is 6.38. The van der Waals surface area contributed by atoms with Crippen LogP contribution >= 0.6 is 15.9 Å². The lowest BCUT2D eigenvalue weighted by Gasteiger charge is -2.12. The van der Waals surface area contributed by atoms with Crippen molar-refractivity contribution in [3.8, 4) is 5.75 Å². The molecule has 4 heteroatoms. The normalized spacial score (nSPS) is 10.3. The van der Waals surface area contributed by atoms with E-state index in [1.54, 1.807) is 0 Å². The largest absolute Gasteiger partial charge is 0.494 e. The molecule has 0 spiro atoms. The number of ether oxygens (including phenoxy) is 1. The number of anilines is 1. The van der Waals surface area contributed by atoms with Gasteiger partial charge in [-0.25, -0.2) is 0 Å². The number of hydrogen-bond donors (Lipinski definition) is 1. The monoisotopic (exact) mass is 347 g/mol. The van der Waals surface area contributed by atoms with E-state index in [9.17, 15) is 4.79 Å². The van der Waals surface area contributed by atoms with E-state index in [-0.39, 0.29) is 5.91 Å². The van der Waals surface area contributed by atoms with E-state index in [0.717, 1.165) is 27.0 Å². The van der Waals surface area contributed by atoms with Crippen LogP contribution in [0.5, 0.6) is 5.75 Å². The van der Waals surface area contributed by atoms with Crippen LogP contribution in [-0.2, 0) is 0 Å². The van der Waals surface area contributed by atoms with Gasteiger partial charge in [-0.2, -0.15) is 0 Å². The lowest BCUT2D eigenvalue weighted by molar-refractivity contribution is 0.102. The quantitative estimate of drug-likeness (QED) is 0.868. The van der Waals surface area contributed by atoms with Crippen molar-refractivity contribution in [1.82, 2.24) is 0 Å². The van der Waals surface area contributed by atoms with E-state index >= 15 is 0 Å². The lowest BCUT2D eigenvalue weighted by atomic mass is 10.1. The lowest BCUT2D eigenvalue weighted by Crippen LogP contribution is -2.14. The second-order valence-electron chi connectivity index (χ2n) is 4.78. The Bertz CT molecular complexity index is 668. The zero-order valence-corrected chi connectivity index (χ0v) is 14.0. The minimum atomic E-state index is -0.110. The van der Waals surface area contributed by atoms with E-state index in [1.165, 1.54) is 0 Å². The number of aryl methyl sites for hydroxylation is 1. The van der Waals surface area contributed by atoms with E-state index in [2.05, 4.69) is 21.2 Å². The van der Waals surface area contributed by atoms with Crippen LogP contribution in [0.4, 0.5) is 5.69 Å². The standard InChI is InChI=1S/C17H18BrNO2/c1-4-21-13-8-9-16(11(2)10-13)19-17(20)14-6-5-7-15(18)12(14)3/h5-10H,4H2,1-3H3,(H,19,20). The fraction of sp³-hybridized carbons (Fsp3) is 0.235. The number of benzene rings is 2. The maximum absolute atomic E-state index is 12.4. The van der Waals surface area contributed by atoms with Gasteiger partial charge in [-0.1, -0.05) is 22.0 Å². The molecule has 0 radical (unpaired) electrons. The predicted octanol–water partition coefficient (Wildman–Crippen LogP) is 4.72. The van der Waals surface area contributed by atoms with Crippen molar-refractivity contribution < 1.29 is 9.53 Å². The van der Waals surface area contributed by atoms with Crippen molar-refractivity contribution in [2.45, 2.75) is 20.8 Å². The Kier molecular flexibility index (Phi) is 5.02. The summed E-state index contributed by atoms with van der Waals surface area (Å²) >= 11 is 3.44. The molecule has 0 aromatic heterocycles. The molecular formula is C17H18BrNO2. The second kappa shape index (κ2) is 6.76. The zero-order chi connectivity index (χ0) is 15.4. The summed E-state index contributed by atoms with van der Waals surface area (Å²) in [5.41, 5.74) is 3.36. The number of amides is 1. The van der Waals surface area contributed by atoms with E-state index < -0.39 is 0 Å². The van der Waals surface area contributed by atoms with Crippen LogP contribution in [0.3, 0.4) is 0 Å².